The molecule has 1 aliphatic carbocycles. The first-order valence-corrected chi connectivity index (χ1v) is 10.5. The number of aliphatic hydroxyl groups is 1. The molecule has 1 amide bonds. The van der Waals surface area contributed by atoms with Gasteiger partial charge < -0.3 is 20.9 Å². The zero-order valence-electron chi connectivity index (χ0n) is 17.9. The Bertz CT molecular complexity index is 1310. The summed E-state index contributed by atoms with van der Waals surface area (Å²) < 4.78 is 8.95. The van der Waals surface area contributed by atoms with Crippen molar-refractivity contribution in [3.63, 3.8) is 0 Å². The summed E-state index contributed by atoms with van der Waals surface area (Å²) in [7, 11) is 1.58. The van der Waals surface area contributed by atoms with E-state index in [2.05, 4.69) is 20.5 Å². The van der Waals surface area contributed by atoms with Gasteiger partial charge in [-0.05, 0) is 56.4 Å². The van der Waals surface area contributed by atoms with Gasteiger partial charge >= 0.3 is 0 Å². The van der Waals surface area contributed by atoms with Crippen LogP contribution in [0.3, 0.4) is 0 Å². The van der Waals surface area contributed by atoms with Crippen LogP contribution in [-0.4, -0.2) is 54.0 Å². The average molecular weight is 435 g/mol. The van der Waals surface area contributed by atoms with Crippen molar-refractivity contribution >= 4 is 22.9 Å². The molecule has 4 aromatic rings. The van der Waals surface area contributed by atoms with E-state index in [4.69, 9.17) is 10.5 Å². The number of nitrogens with zero attached hydrogens (tertiary/aromatic N) is 5. The minimum absolute atomic E-state index is 0.198. The van der Waals surface area contributed by atoms with Gasteiger partial charge in [0.05, 0.1) is 30.0 Å². The highest BCUT2D eigenvalue weighted by Gasteiger charge is 2.29. The summed E-state index contributed by atoms with van der Waals surface area (Å²) in [6.45, 7) is 1.88. The van der Waals surface area contributed by atoms with E-state index in [0.29, 0.717) is 28.4 Å². The summed E-state index contributed by atoms with van der Waals surface area (Å²) in [5, 5.41) is 22.3. The number of pyridine rings is 1. The monoisotopic (exact) mass is 435 g/mol. The van der Waals surface area contributed by atoms with Gasteiger partial charge in [-0.3, -0.25) is 4.79 Å². The maximum absolute atomic E-state index is 11.7. The summed E-state index contributed by atoms with van der Waals surface area (Å²) in [5.41, 5.74) is 8.31. The zero-order chi connectivity index (χ0) is 22.5. The number of anilines is 1. The number of amides is 1. The number of carbonyl (C=O) groups excluding carboxylic acids is 1. The van der Waals surface area contributed by atoms with Crippen molar-refractivity contribution in [1.82, 2.24) is 24.2 Å². The van der Waals surface area contributed by atoms with Gasteiger partial charge in [-0.2, -0.15) is 10.1 Å². The van der Waals surface area contributed by atoms with Gasteiger partial charge in [0.25, 0.3) is 5.91 Å². The number of nitrogens with two attached hydrogens (primary N) is 1. The van der Waals surface area contributed by atoms with Gasteiger partial charge in [0, 0.05) is 24.0 Å². The molecule has 10 heteroatoms. The highest BCUT2D eigenvalue weighted by molar-refractivity contribution is 6.00. The van der Waals surface area contributed by atoms with Crippen molar-refractivity contribution in [3.05, 3.63) is 42.4 Å². The quantitative estimate of drug-likeness (QED) is 0.438. The second kappa shape index (κ2) is 7.49. The highest BCUT2D eigenvalue weighted by atomic mass is 16.5. The first-order valence-electron chi connectivity index (χ1n) is 10.5. The van der Waals surface area contributed by atoms with Gasteiger partial charge in [0.1, 0.15) is 5.52 Å². The molecule has 0 spiro atoms. The number of nitrogens with one attached hydrogen (secondary N) is 1. The van der Waals surface area contributed by atoms with Gasteiger partial charge in [0.2, 0.25) is 11.8 Å². The molecular formula is C22H25N7O3. The van der Waals surface area contributed by atoms with Crippen LogP contribution in [0.4, 0.5) is 5.95 Å². The number of hydrogen-bond donors (Lipinski definition) is 3. The SMILES string of the molecule is COc1nc(N[C@H]2CC[C@@](C)(O)CC2)nn2ccc(-c3ccn4ncc(C(N)=O)c4c3)c12. The number of aromatic nitrogens is 5. The topological polar surface area (TPSA) is 132 Å². The number of primary amides is 1. The summed E-state index contributed by atoms with van der Waals surface area (Å²) >= 11 is 0. The maximum Gasteiger partial charge on any atom is 0.252 e. The van der Waals surface area contributed by atoms with Crippen LogP contribution >= 0.6 is 0 Å². The van der Waals surface area contributed by atoms with E-state index in [-0.39, 0.29) is 6.04 Å². The molecule has 166 valence electrons. The lowest BCUT2D eigenvalue weighted by Crippen LogP contribution is -2.36. The highest BCUT2D eigenvalue weighted by Crippen LogP contribution is 2.33. The zero-order valence-corrected chi connectivity index (χ0v) is 17.9. The third-order valence-corrected chi connectivity index (χ3v) is 6.17. The van der Waals surface area contributed by atoms with E-state index in [9.17, 15) is 9.90 Å². The normalized spacial score (nSPS) is 21.2. The number of fused-ring (bicyclic) bond motifs is 2. The Labute approximate surface area is 184 Å². The predicted octanol–water partition coefficient (Wildman–Crippen LogP) is 2.26. The van der Waals surface area contributed by atoms with Crippen molar-refractivity contribution in [2.45, 2.75) is 44.2 Å². The number of rotatable bonds is 5. The summed E-state index contributed by atoms with van der Waals surface area (Å²) in [6, 6.07) is 5.89. The predicted molar refractivity (Wildman–Crippen MR) is 119 cm³/mol. The first kappa shape index (κ1) is 20.3. The molecular weight excluding hydrogens is 410 g/mol. The van der Waals surface area contributed by atoms with Crippen molar-refractivity contribution in [3.8, 4) is 17.0 Å². The first-order chi connectivity index (χ1) is 15.3. The molecule has 0 atom stereocenters. The van der Waals surface area contributed by atoms with Gasteiger partial charge in [-0.15, -0.1) is 5.10 Å². The Kier molecular flexibility index (Phi) is 4.74. The van der Waals surface area contributed by atoms with Crippen LogP contribution in [0.15, 0.2) is 36.8 Å². The molecule has 0 bridgehead atoms. The Balaban J connectivity index is 1.51. The van der Waals surface area contributed by atoms with Crippen LogP contribution in [0, 0.1) is 0 Å². The lowest BCUT2D eigenvalue weighted by Gasteiger charge is -2.33. The van der Waals surface area contributed by atoms with Crippen LogP contribution in [-0.2, 0) is 0 Å². The molecule has 5 rings (SSSR count). The van der Waals surface area contributed by atoms with Crippen molar-refractivity contribution in [2.24, 2.45) is 5.73 Å². The fourth-order valence-corrected chi connectivity index (χ4v) is 4.33. The summed E-state index contributed by atoms with van der Waals surface area (Å²) in [4.78, 5) is 16.3. The third-order valence-electron chi connectivity index (χ3n) is 6.17. The minimum atomic E-state index is -0.596. The van der Waals surface area contributed by atoms with Crippen molar-refractivity contribution in [1.29, 1.82) is 0 Å². The maximum atomic E-state index is 11.7. The molecule has 0 saturated heterocycles. The lowest BCUT2D eigenvalue weighted by atomic mass is 9.84. The molecule has 0 aliphatic heterocycles. The van der Waals surface area contributed by atoms with E-state index in [1.165, 1.54) is 6.20 Å². The summed E-state index contributed by atoms with van der Waals surface area (Å²) in [5.74, 6) is 0.388. The van der Waals surface area contributed by atoms with Crippen LogP contribution in [0.5, 0.6) is 5.88 Å². The van der Waals surface area contributed by atoms with Crippen LogP contribution in [0.25, 0.3) is 22.2 Å². The van der Waals surface area contributed by atoms with Crippen molar-refractivity contribution < 1.29 is 14.6 Å². The molecule has 0 radical (unpaired) electrons. The molecule has 4 heterocycles. The molecule has 0 unspecified atom stereocenters. The molecule has 1 aliphatic rings. The average Bonchev–Trinajstić information content (AvgIpc) is 3.38. The van der Waals surface area contributed by atoms with Gasteiger partial charge in [0.15, 0.2) is 0 Å². The van der Waals surface area contributed by atoms with E-state index < -0.39 is 11.5 Å². The second-order valence-electron chi connectivity index (χ2n) is 8.55. The molecule has 1 fully saturated rings. The molecule has 10 nitrogen and oxygen atoms in total. The fraction of sp³-hybridized carbons (Fsp3) is 0.364. The standard InChI is InChI=1S/C22H25N7O3/c1-22(31)7-3-14(4-8-22)25-21-26-20(32-2)18-15(6-10-29(18)27-21)13-5-9-28-17(11-13)16(12-24-28)19(23)30/h5-6,9-12,14,31H,3-4,7-8H2,1-2H3,(H2,23,30)(H,25,27)/t14-,22+. The largest absolute Gasteiger partial charge is 0.479 e. The molecule has 1 saturated carbocycles. The summed E-state index contributed by atoms with van der Waals surface area (Å²) in [6.07, 6.45) is 8.27. The van der Waals surface area contributed by atoms with E-state index in [0.717, 1.165) is 36.8 Å². The Morgan fingerprint density at radius 1 is 1.28 bits per heavy atom. The van der Waals surface area contributed by atoms with Crippen LogP contribution in [0.2, 0.25) is 0 Å². The molecule has 0 aromatic carbocycles. The molecule has 4 N–H and O–H groups in total. The molecule has 32 heavy (non-hydrogen) atoms. The molecule has 4 aromatic heterocycles. The smallest absolute Gasteiger partial charge is 0.252 e. The van der Waals surface area contributed by atoms with E-state index in [1.807, 2.05) is 31.3 Å². The third kappa shape index (κ3) is 3.52. The minimum Gasteiger partial charge on any atom is -0.479 e. The van der Waals surface area contributed by atoms with Crippen molar-refractivity contribution in [2.75, 3.05) is 12.4 Å². The lowest BCUT2D eigenvalue weighted by molar-refractivity contribution is 0.0195. The van der Waals surface area contributed by atoms with Gasteiger partial charge in [-0.25, -0.2) is 9.03 Å². The Morgan fingerprint density at radius 2 is 2.03 bits per heavy atom. The number of ether oxygens (including phenoxy) is 1. The number of carbonyl (C=O) groups is 1. The van der Waals surface area contributed by atoms with E-state index in [1.54, 1.807) is 22.3 Å². The van der Waals surface area contributed by atoms with Crippen LogP contribution < -0.4 is 15.8 Å². The second-order valence-corrected chi connectivity index (χ2v) is 8.55. The number of hydrogen-bond acceptors (Lipinski definition) is 7. The Hall–Kier alpha value is -3.66. The number of methoxy groups -OCH3 is 1. The van der Waals surface area contributed by atoms with Crippen LogP contribution in [0.1, 0.15) is 43.0 Å². The fourth-order valence-electron chi connectivity index (χ4n) is 4.33. The van der Waals surface area contributed by atoms with Gasteiger partial charge in [-0.1, -0.05) is 0 Å². The van der Waals surface area contributed by atoms with E-state index >= 15 is 0 Å². The Morgan fingerprint density at radius 3 is 2.75 bits per heavy atom.